The Labute approximate surface area is 81.1 Å². The van der Waals surface area contributed by atoms with Gasteiger partial charge in [0.05, 0.1) is 0 Å². The van der Waals surface area contributed by atoms with Crippen LogP contribution in [-0.2, 0) is 4.79 Å². The first-order valence-corrected chi connectivity index (χ1v) is 4.02. The molecule has 1 aromatic carbocycles. The highest BCUT2D eigenvalue weighted by atomic mass is 16.5. The molecule has 0 spiro atoms. The topological polar surface area (TPSA) is 63.6 Å². The van der Waals surface area contributed by atoms with Crippen molar-refractivity contribution in [3.05, 3.63) is 23.8 Å². The van der Waals surface area contributed by atoms with Crippen molar-refractivity contribution < 1.29 is 19.4 Å². The first kappa shape index (κ1) is 10.2. The van der Waals surface area contributed by atoms with E-state index in [2.05, 4.69) is 0 Å². The van der Waals surface area contributed by atoms with Crippen molar-refractivity contribution in [2.75, 3.05) is 0 Å². The standard InChI is InChI=1S/C10H10O4/c1-6(11)8-3-9(13)5-10(4-8)14-7(2)12/h3-5,13H,1-2H3. The molecule has 0 aliphatic heterocycles. The van der Waals surface area contributed by atoms with Crippen LogP contribution in [-0.4, -0.2) is 16.9 Å². The number of ether oxygens (including phenoxy) is 1. The number of ketones is 1. The second kappa shape index (κ2) is 3.91. The van der Waals surface area contributed by atoms with E-state index in [-0.39, 0.29) is 17.3 Å². The minimum atomic E-state index is -0.495. The molecule has 0 aliphatic rings. The molecule has 0 bridgehead atoms. The molecule has 1 aromatic rings. The summed E-state index contributed by atoms with van der Waals surface area (Å²) in [5, 5.41) is 9.21. The largest absolute Gasteiger partial charge is 0.508 e. The van der Waals surface area contributed by atoms with Gasteiger partial charge in [-0.25, -0.2) is 0 Å². The Bertz CT molecular complexity index is 382. The molecule has 0 aromatic heterocycles. The SMILES string of the molecule is CC(=O)Oc1cc(O)cc(C(C)=O)c1. The molecule has 0 fully saturated rings. The normalized spacial score (nSPS) is 9.57. The van der Waals surface area contributed by atoms with Gasteiger partial charge in [-0.05, 0) is 19.1 Å². The number of hydrogen-bond acceptors (Lipinski definition) is 4. The van der Waals surface area contributed by atoms with Crippen LogP contribution in [0.3, 0.4) is 0 Å². The third-order valence-electron chi connectivity index (χ3n) is 1.56. The van der Waals surface area contributed by atoms with E-state index in [0.29, 0.717) is 5.56 Å². The van der Waals surface area contributed by atoms with Gasteiger partial charge in [0, 0.05) is 18.6 Å². The molecule has 0 saturated heterocycles. The van der Waals surface area contributed by atoms with Gasteiger partial charge in [0.25, 0.3) is 0 Å². The highest BCUT2D eigenvalue weighted by Crippen LogP contribution is 2.22. The first-order valence-electron chi connectivity index (χ1n) is 4.02. The van der Waals surface area contributed by atoms with Crippen molar-refractivity contribution in [3.8, 4) is 11.5 Å². The Morgan fingerprint density at radius 2 is 1.86 bits per heavy atom. The lowest BCUT2D eigenvalue weighted by Crippen LogP contribution is -2.02. The minimum Gasteiger partial charge on any atom is -0.508 e. The number of rotatable bonds is 2. The Balaban J connectivity index is 3.07. The maximum absolute atomic E-state index is 11.0. The van der Waals surface area contributed by atoms with Crippen LogP contribution in [0.25, 0.3) is 0 Å². The number of carbonyl (C=O) groups is 2. The van der Waals surface area contributed by atoms with Crippen molar-refractivity contribution in [1.29, 1.82) is 0 Å². The maximum atomic E-state index is 11.0. The summed E-state index contributed by atoms with van der Waals surface area (Å²) in [6, 6.07) is 3.99. The van der Waals surface area contributed by atoms with Crippen LogP contribution >= 0.6 is 0 Å². The number of Topliss-reactive ketones (excluding diaryl/α,β-unsaturated/α-hetero) is 1. The van der Waals surface area contributed by atoms with Gasteiger partial charge in [-0.2, -0.15) is 0 Å². The minimum absolute atomic E-state index is 0.103. The lowest BCUT2D eigenvalue weighted by atomic mass is 10.1. The van der Waals surface area contributed by atoms with Gasteiger partial charge in [0.1, 0.15) is 11.5 Å². The number of hydrogen-bond donors (Lipinski definition) is 1. The molecule has 0 atom stereocenters. The summed E-state index contributed by atoms with van der Waals surface area (Å²) >= 11 is 0. The van der Waals surface area contributed by atoms with Crippen molar-refractivity contribution in [1.82, 2.24) is 0 Å². The molecule has 0 unspecified atom stereocenters. The van der Waals surface area contributed by atoms with E-state index < -0.39 is 5.97 Å². The Morgan fingerprint density at radius 1 is 1.21 bits per heavy atom. The molecule has 1 rings (SSSR count). The van der Waals surface area contributed by atoms with Crippen LogP contribution in [0.2, 0.25) is 0 Å². The number of phenolic OH excluding ortho intramolecular Hbond substituents is 1. The van der Waals surface area contributed by atoms with Crippen molar-refractivity contribution in [3.63, 3.8) is 0 Å². The zero-order valence-electron chi connectivity index (χ0n) is 7.90. The second-order valence-electron chi connectivity index (χ2n) is 2.87. The third-order valence-corrected chi connectivity index (χ3v) is 1.56. The Kier molecular flexibility index (Phi) is 2.86. The summed E-state index contributed by atoms with van der Waals surface area (Å²) in [7, 11) is 0. The van der Waals surface area contributed by atoms with Gasteiger partial charge in [-0.15, -0.1) is 0 Å². The molecule has 0 aliphatic carbocycles. The second-order valence-corrected chi connectivity index (χ2v) is 2.87. The van der Waals surface area contributed by atoms with Gasteiger partial charge in [0.15, 0.2) is 5.78 Å². The summed E-state index contributed by atoms with van der Waals surface area (Å²) in [5.41, 5.74) is 0.307. The lowest BCUT2D eigenvalue weighted by Gasteiger charge is -2.03. The fourth-order valence-electron chi connectivity index (χ4n) is 1.01. The zero-order chi connectivity index (χ0) is 10.7. The molecular formula is C10H10O4. The van der Waals surface area contributed by atoms with Crippen molar-refractivity contribution >= 4 is 11.8 Å². The fraction of sp³-hybridized carbons (Fsp3) is 0.200. The van der Waals surface area contributed by atoms with Crippen LogP contribution in [0.4, 0.5) is 0 Å². The summed E-state index contributed by atoms with van der Waals surface area (Å²) in [6.45, 7) is 2.61. The van der Waals surface area contributed by atoms with Crippen molar-refractivity contribution in [2.24, 2.45) is 0 Å². The summed E-state index contributed by atoms with van der Waals surface area (Å²) < 4.78 is 4.73. The van der Waals surface area contributed by atoms with Crippen LogP contribution in [0, 0.1) is 0 Å². The lowest BCUT2D eigenvalue weighted by molar-refractivity contribution is -0.131. The van der Waals surface area contributed by atoms with Gasteiger partial charge < -0.3 is 9.84 Å². The highest BCUT2D eigenvalue weighted by Gasteiger charge is 2.06. The van der Waals surface area contributed by atoms with Crippen LogP contribution in [0.15, 0.2) is 18.2 Å². The van der Waals surface area contributed by atoms with Gasteiger partial charge in [0.2, 0.25) is 0 Å². The number of aromatic hydroxyl groups is 1. The van der Waals surface area contributed by atoms with Crippen LogP contribution in [0.1, 0.15) is 24.2 Å². The summed E-state index contributed by atoms with van der Waals surface area (Å²) in [4.78, 5) is 21.6. The average molecular weight is 194 g/mol. The number of benzene rings is 1. The smallest absolute Gasteiger partial charge is 0.308 e. The number of esters is 1. The predicted octanol–water partition coefficient (Wildman–Crippen LogP) is 1.52. The molecular weight excluding hydrogens is 184 g/mol. The average Bonchev–Trinajstić information content (AvgIpc) is 2.01. The van der Waals surface area contributed by atoms with Gasteiger partial charge in [-0.3, -0.25) is 9.59 Å². The van der Waals surface area contributed by atoms with Gasteiger partial charge in [-0.1, -0.05) is 0 Å². The number of phenols is 1. The molecule has 0 amide bonds. The third kappa shape index (κ3) is 2.58. The monoisotopic (exact) mass is 194 g/mol. The van der Waals surface area contributed by atoms with E-state index in [1.807, 2.05) is 0 Å². The summed E-state index contributed by atoms with van der Waals surface area (Å²) in [6.07, 6.45) is 0. The molecule has 1 N–H and O–H groups in total. The number of carbonyl (C=O) groups excluding carboxylic acids is 2. The van der Waals surface area contributed by atoms with Crippen LogP contribution in [0.5, 0.6) is 11.5 Å². The van der Waals surface area contributed by atoms with E-state index in [1.54, 1.807) is 0 Å². The van der Waals surface area contributed by atoms with E-state index >= 15 is 0 Å². The molecule has 74 valence electrons. The van der Waals surface area contributed by atoms with E-state index in [9.17, 15) is 14.7 Å². The molecule has 0 heterocycles. The van der Waals surface area contributed by atoms with E-state index in [4.69, 9.17) is 4.74 Å². The Hall–Kier alpha value is -1.84. The van der Waals surface area contributed by atoms with Crippen LogP contribution < -0.4 is 4.74 Å². The molecule has 4 heteroatoms. The van der Waals surface area contributed by atoms with Gasteiger partial charge >= 0.3 is 5.97 Å². The highest BCUT2D eigenvalue weighted by molar-refractivity contribution is 5.95. The van der Waals surface area contributed by atoms with E-state index in [1.165, 1.54) is 32.0 Å². The molecule has 0 radical (unpaired) electrons. The molecule has 4 nitrogen and oxygen atoms in total. The van der Waals surface area contributed by atoms with Crippen molar-refractivity contribution in [2.45, 2.75) is 13.8 Å². The molecule has 14 heavy (non-hydrogen) atoms. The molecule has 0 saturated carbocycles. The summed E-state index contributed by atoms with van der Waals surface area (Å²) in [5.74, 6) is -0.629. The fourth-order valence-corrected chi connectivity index (χ4v) is 1.01. The first-order chi connectivity index (χ1) is 6.49. The predicted molar refractivity (Wildman–Crippen MR) is 49.4 cm³/mol. The quantitative estimate of drug-likeness (QED) is 0.440. The Morgan fingerprint density at radius 3 is 2.36 bits per heavy atom. The maximum Gasteiger partial charge on any atom is 0.308 e. The zero-order valence-corrected chi connectivity index (χ0v) is 7.90. The van der Waals surface area contributed by atoms with E-state index in [0.717, 1.165) is 0 Å².